The molecule has 0 N–H and O–H groups in total. The average molecular weight is 271 g/mol. The van der Waals surface area contributed by atoms with Crippen LogP contribution in [0.5, 0.6) is 0 Å². The third-order valence-corrected chi connectivity index (χ3v) is 4.81. The van der Waals surface area contributed by atoms with E-state index in [0.29, 0.717) is 6.42 Å². The lowest BCUT2D eigenvalue weighted by Gasteiger charge is -2.10. The summed E-state index contributed by atoms with van der Waals surface area (Å²) < 4.78 is 25.9. The number of aromatic nitrogens is 2. The molecule has 2 heterocycles. The zero-order chi connectivity index (χ0) is 12.5. The second kappa shape index (κ2) is 4.59. The van der Waals surface area contributed by atoms with E-state index in [1.807, 2.05) is 17.5 Å². The molecule has 0 unspecified atom stereocenters. The molecule has 0 spiro atoms. The molecule has 0 aliphatic rings. The van der Waals surface area contributed by atoms with E-state index in [9.17, 15) is 8.42 Å². The van der Waals surface area contributed by atoms with Crippen molar-refractivity contribution in [3.63, 3.8) is 0 Å². The number of nitrogens with zero attached hydrogens (tertiary/aromatic N) is 3. The Morgan fingerprint density at radius 3 is 2.82 bits per heavy atom. The first-order valence-electron chi connectivity index (χ1n) is 4.98. The fourth-order valence-electron chi connectivity index (χ4n) is 1.34. The van der Waals surface area contributed by atoms with Gasteiger partial charge in [-0.25, -0.2) is 8.96 Å². The monoisotopic (exact) mass is 271 g/mol. The topological polar surface area (TPSA) is 55.2 Å². The van der Waals surface area contributed by atoms with Gasteiger partial charge in [0, 0.05) is 31.6 Å². The lowest BCUT2D eigenvalue weighted by Crippen LogP contribution is -2.27. The highest BCUT2D eigenvalue weighted by molar-refractivity contribution is 7.87. The van der Waals surface area contributed by atoms with Crippen molar-refractivity contribution < 1.29 is 8.42 Å². The fraction of sp³-hybridized carbons (Fsp3) is 0.300. The summed E-state index contributed by atoms with van der Waals surface area (Å²) in [4.78, 5) is 5.27. The van der Waals surface area contributed by atoms with Crippen LogP contribution in [-0.2, 0) is 16.6 Å². The van der Waals surface area contributed by atoms with Gasteiger partial charge in [-0.2, -0.15) is 12.7 Å². The molecule has 2 aromatic heterocycles. The lowest BCUT2D eigenvalue weighted by atomic mass is 10.3. The third kappa shape index (κ3) is 2.56. The Morgan fingerprint density at radius 2 is 2.24 bits per heavy atom. The van der Waals surface area contributed by atoms with Crippen LogP contribution >= 0.6 is 11.3 Å². The van der Waals surface area contributed by atoms with Crippen LogP contribution in [0.3, 0.4) is 0 Å². The van der Waals surface area contributed by atoms with E-state index in [1.54, 1.807) is 17.5 Å². The van der Waals surface area contributed by atoms with Gasteiger partial charge in [-0.15, -0.1) is 11.3 Å². The predicted molar refractivity (Wildman–Crippen MR) is 67.4 cm³/mol. The molecule has 92 valence electrons. The van der Waals surface area contributed by atoms with Gasteiger partial charge in [0.05, 0.1) is 5.69 Å². The summed E-state index contributed by atoms with van der Waals surface area (Å²) in [5, 5.41) is 1.99. The molecule has 17 heavy (non-hydrogen) atoms. The van der Waals surface area contributed by atoms with Crippen molar-refractivity contribution in [2.24, 2.45) is 0 Å². The molecule has 0 atom stereocenters. The minimum atomic E-state index is -3.44. The van der Waals surface area contributed by atoms with Gasteiger partial charge in [-0.3, -0.25) is 0 Å². The van der Waals surface area contributed by atoms with E-state index >= 15 is 0 Å². The van der Waals surface area contributed by atoms with Crippen molar-refractivity contribution in [2.75, 3.05) is 14.1 Å². The van der Waals surface area contributed by atoms with Crippen LogP contribution in [0.4, 0.5) is 0 Å². The Bertz CT molecular complexity index is 585. The van der Waals surface area contributed by atoms with Crippen LogP contribution in [0.1, 0.15) is 10.6 Å². The van der Waals surface area contributed by atoms with Crippen LogP contribution < -0.4 is 0 Å². The fourth-order valence-corrected chi connectivity index (χ4v) is 2.86. The number of thiophene rings is 1. The van der Waals surface area contributed by atoms with E-state index < -0.39 is 10.2 Å². The lowest BCUT2D eigenvalue weighted by molar-refractivity contribution is 0.510. The molecule has 0 aromatic carbocycles. The molecule has 7 heteroatoms. The van der Waals surface area contributed by atoms with Crippen molar-refractivity contribution >= 4 is 21.5 Å². The second-order valence-electron chi connectivity index (χ2n) is 3.74. The maximum Gasteiger partial charge on any atom is 0.308 e. The average Bonchev–Trinajstić information content (AvgIpc) is 2.89. The van der Waals surface area contributed by atoms with Crippen LogP contribution in [0.25, 0.3) is 0 Å². The van der Waals surface area contributed by atoms with Crippen LogP contribution in [0.15, 0.2) is 30.0 Å². The van der Waals surface area contributed by atoms with E-state index in [2.05, 4.69) is 4.98 Å². The SMILES string of the molecule is CN(C)S(=O)(=O)n1cnc(Cc2cccs2)c1. The molecule has 0 fully saturated rings. The highest BCUT2D eigenvalue weighted by atomic mass is 32.2. The molecule has 0 amide bonds. The summed E-state index contributed by atoms with van der Waals surface area (Å²) >= 11 is 1.63. The minimum absolute atomic E-state index is 0.660. The highest BCUT2D eigenvalue weighted by Gasteiger charge is 2.16. The molecule has 2 aromatic rings. The number of hydrogen-bond donors (Lipinski definition) is 0. The minimum Gasteiger partial charge on any atom is -0.240 e. The first kappa shape index (κ1) is 12.3. The van der Waals surface area contributed by atoms with Gasteiger partial charge < -0.3 is 0 Å². The van der Waals surface area contributed by atoms with Gasteiger partial charge in [0.1, 0.15) is 6.33 Å². The summed E-state index contributed by atoms with van der Waals surface area (Å²) in [6.07, 6.45) is 3.54. The standard InChI is InChI=1S/C10H13N3O2S2/c1-12(2)17(14,15)13-7-9(11-8-13)6-10-4-3-5-16-10/h3-5,7-8H,6H2,1-2H3. The Morgan fingerprint density at radius 1 is 1.47 bits per heavy atom. The molecule has 0 saturated heterocycles. The van der Waals surface area contributed by atoms with Crippen molar-refractivity contribution in [1.82, 2.24) is 13.3 Å². The quantitative estimate of drug-likeness (QED) is 0.839. The largest absolute Gasteiger partial charge is 0.308 e. The second-order valence-corrected chi connectivity index (χ2v) is 6.82. The smallest absolute Gasteiger partial charge is 0.240 e. The van der Waals surface area contributed by atoms with Crippen LogP contribution in [0.2, 0.25) is 0 Å². The normalized spacial score (nSPS) is 12.2. The van der Waals surface area contributed by atoms with Crippen LogP contribution in [-0.4, -0.2) is 35.8 Å². The maximum absolute atomic E-state index is 11.8. The molecular weight excluding hydrogens is 258 g/mol. The molecule has 0 saturated carbocycles. The molecule has 0 bridgehead atoms. The number of rotatable bonds is 4. The van der Waals surface area contributed by atoms with E-state index in [0.717, 1.165) is 18.8 Å². The highest BCUT2D eigenvalue weighted by Crippen LogP contribution is 2.14. The molecule has 0 aliphatic heterocycles. The van der Waals surface area contributed by atoms with E-state index in [1.165, 1.54) is 20.4 Å². The Balaban J connectivity index is 2.22. The molecular formula is C10H13N3O2S2. The zero-order valence-electron chi connectivity index (χ0n) is 9.57. The van der Waals surface area contributed by atoms with Gasteiger partial charge in [0.25, 0.3) is 0 Å². The van der Waals surface area contributed by atoms with E-state index in [4.69, 9.17) is 0 Å². The van der Waals surface area contributed by atoms with E-state index in [-0.39, 0.29) is 0 Å². The molecule has 0 radical (unpaired) electrons. The first-order chi connectivity index (χ1) is 8.00. The summed E-state index contributed by atoms with van der Waals surface area (Å²) in [5.41, 5.74) is 0.748. The van der Waals surface area contributed by atoms with Crippen molar-refractivity contribution in [2.45, 2.75) is 6.42 Å². The summed E-state index contributed by atoms with van der Waals surface area (Å²) in [6, 6.07) is 3.97. The van der Waals surface area contributed by atoms with Gasteiger partial charge in [0.15, 0.2) is 0 Å². The van der Waals surface area contributed by atoms with Crippen molar-refractivity contribution in [3.8, 4) is 0 Å². The van der Waals surface area contributed by atoms with Gasteiger partial charge in [0.2, 0.25) is 0 Å². The number of imidazole rings is 1. The summed E-state index contributed by atoms with van der Waals surface area (Å²) in [7, 11) is -0.455. The summed E-state index contributed by atoms with van der Waals surface area (Å²) in [6.45, 7) is 0. The van der Waals surface area contributed by atoms with Crippen molar-refractivity contribution in [3.05, 3.63) is 40.6 Å². The van der Waals surface area contributed by atoms with Crippen LogP contribution in [0, 0.1) is 0 Å². The Labute approximate surface area is 105 Å². The zero-order valence-corrected chi connectivity index (χ0v) is 11.2. The van der Waals surface area contributed by atoms with Crippen molar-refractivity contribution in [1.29, 1.82) is 0 Å². The predicted octanol–water partition coefficient (Wildman–Crippen LogP) is 1.19. The van der Waals surface area contributed by atoms with Gasteiger partial charge in [-0.1, -0.05) is 6.07 Å². The van der Waals surface area contributed by atoms with Gasteiger partial charge in [-0.05, 0) is 11.4 Å². The Hall–Kier alpha value is -1.18. The molecule has 0 aliphatic carbocycles. The van der Waals surface area contributed by atoms with Gasteiger partial charge >= 0.3 is 10.2 Å². The molecule has 2 rings (SSSR count). The number of hydrogen-bond acceptors (Lipinski definition) is 4. The summed E-state index contributed by atoms with van der Waals surface area (Å²) in [5.74, 6) is 0. The maximum atomic E-state index is 11.8. The third-order valence-electron chi connectivity index (χ3n) is 2.28. The molecule has 5 nitrogen and oxygen atoms in total. The Kier molecular flexibility index (Phi) is 3.32. The first-order valence-corrected chi connectivity index (χ1v) is 7.26.